The molecule has 1 saturated heterocycles. The number of halogens is 1. The number of nitrogens with zero attached hydrogens (tertiary/aromatic N) is 2. The van der Waals surface area contributed by atoms with Crippen molar-refractivity contribution >= 4 is 57.9 Å². The number of nitrogens with one attached hydrogen (secondary N) is 2. The second-order valence-corrected chi connectivity index (χ2v) is 9.68. The molecule has 5 nitrogen and oxygen atoms in total. The van der Waals surface area contributed by atoms with Gasteiger partial charge in [-0.25, -0.2) is 0 Å². The average Bonchev–Trinajstić information content (AvgIpc) is 3.30. The van der Waals surface area contributed by atoms with E-state index in [2.05, 4.69) is 57.6 Å². The number of hydrogen-bond donors (Lipinski definition) is 2. The average molecular weight is 552 g/mol. The monoisotopic (exact) mass is 552 g/mol. The van der Waals surface area contributed by atoms with E-state index in [9.17, 15) is 10.1 Å². The van der Waals surface area contributed by atoms with Crippen LogP contribution in [0.3, 0.4) is 0 Å². The molecule has 2 heterocycles. The Kier molecular flexibility index (Phi) is 6.82. The van der Waals surface area contributed by atoms with Gasteiger partial charge in [-0.3, -0.25) is 15.1 Å². The second-order valence-electron chi connectivity index (χ2n) is 7.55. The highest BCUT2D eigenvalue weighted by Crippen LogP contribution is 2.43. The van der Waals surface area contributed by atoms with Crippen molar-refractivity contribution in [1.29, 1.82) is 10.7 Å². The van der Waals surface area contributed by atoms with Crippen LogP contribution in [0.4, 0.5) is 0 Å². The molecule has 1 atom stereocenters. The van der Waals surface area contributed by atoms with Gasteiger partial charge < -0.3 is 5.32 Å². The summed E-state index contributed by atoms with van der Waals surface area (Å²) < 4.78 is 1.16. The molecule has 7 heteroatoms. The van der Waals surface area contributed by atoms with Crippen molar-refractivity contribution < 1.29 is 4.79 Å². The number of carbonyl (C=O) groups excluding carboxylic acids is 1. The number of amides is 1. The van der Waals surface area contributed by atoms with Crippen LogP contribution in [0.1, 0.15) is 29.5 Å². The van der Waals surface area contributed by atoms with Crippen LogP contribution in [0.15, 0.2) is 70.6 Å². The number of carbonyl (C=O) groups is 1. The van der Waals surface area contributed by atoms with Crippen molar-refractivity contribution in [3.05, 3.63) is 90.9 Å². The molecule has 2 aliphatic heterocycles. The fourth-order valence-corrected chi connectivity index (χ4v) is 5.34. The molecule has 2 aliphatic rings. The number of allylic oxidation sites excluding steroid dienone is 3. The fourth-order valence-electron chi connectivity index (χ4n) is 3.71. The molecule has 2 aromatic carbocycles. The molecule has 2 N–H and O–H groups in total. The minimum absolute atomic E-state index is 0.0795. The summed E-state index contributed by atoms with van der Waals surface area (Å²) >= 11 is 3.89. The lowest BCUT2D eigenvalue weighted by Crippen LogP contribution is -2.52. The molecule has 0 spiro atoms. The molecular formula is C25H21IN4OS. The normalized spacial score (nSPS) is 21.0. The first-order valence-electron chi connectivity index (χ1n) is 10.1. The van der Waals surface area contributed by atoms with Gasteiger partial charge >= 0.3 is 0 Å². The number of nitriles is 1. The van der Waals surface area contributed by atoms with Crippen LogP contribution in [0.2, 0.25) is 0 Å². The van der Waals surface area contributed by atoms with E-state index in [1.54, 1.807) is 24.9 Å². The zero-order valence-corrected chi connectivity index (χ0v) is 20.4. The Bertz CT molecular complexity index is 1220. The maximum Gasteiger partial charge on any atom is 0.238 e. The third-order valence-corrected chi connectivity index (χ3v) is 7.53. The van der Waals surface area contributed by atoms with Crippen molar-refractivity contribution in [3.8, 4) is 6.07 Å². The van der Waals surface area contributed by atoms with E-state index in [0.29, 0.717) is 18.4 Å². The van der Waals surface area contributed by atoms with Crippen molar-refractivity contribution in [2.24, 2.45) is 5.92 Å². The largest absolute Gasteiger partial charge is 0.328 e. The van der Waals surface area contributed by atoms with Gasteiger partial charge in [0.2, 0.25) is 11.9 Å². The zero-order chi connectivity index (χ0) is 22.7. The van der Waals surface area contributed by atoms with Crippen LogP contribution in [0.5, 0.6) is 0 Å². The van der Waals surface area contributed by atoms with Crippen LogP contribution in [0.25, 0.3) is 11.6 Å². The molecule has 4 rings (SSSR count). The number of benzene rings is 2. The fraction of sp³-hybridized carbons (Fsp3) is 0.160. The van der Waals surface area contributed by atoms with E-state index in [1.807, 2.05) is 36.4 Å². The van der Waals surface area contributed by atoms with Crippen molar-refractivity contribution in [1.82, 2.24) is 10.2 Å². The Morgan fingerprint density at radius 1 is 1.31 bits per heavy atom. The van der Waals surface area contributed by atoms with E-state index in [1.165, 1.54) is 4.90 Å². The van der Waals surface area contributed by atoms with E-state index < -0.39 is 0 Å². The van der Waals surface area contributed by atoms with Gasteiger partial charge in [0.1, 0.15) is 0 Å². The smallest absolute Gasteiger partial charge is 0.238 e. The van der Waals surface area contributed by atoms with E-state index in [-0.39, 0.29) is 17.8 Å². The SMILES string of the molecule is CN1C(=N)N/C(=C2\CC(c3cccc(C#N)c3)=CS2)C(C/C=C/c2ccccc2I)C1=O. The Balaban J connectivity index is 1.59. The molecule has 1 unspecified atom stereocenters. The maximum atomic E-state index is 13.1. The number of guanidine groups is 1. The predicted octanol–water partition coefficient (Wildman–Crippen LogP) is 5.57. The standard InChI is InChI=1S/C25H21IN4OS/c1-30-24(31)20(10-5-8-17-7-2-3-11-21(17)26)23(29-25(30)28)22-13-19(15-32-22)18-9-4-6-16(12-18)14-27/h2-9,11-12,15,20H,10,13H2,1H3,(H2,28,29)/b8-5+,23-22+. The first-order valence-corrected chi connectivity index (χ1v) is 12.1. The van der Waals surface area contributed by atoms with Gasteiger partial charge in [0.15, 0.2) is 0 Å². The molecule has 0 aliphatic carbocycles. The molecule has 2 aromatic rings. The van der Waals surface area contributed by atoms with Gasteiger partial charge in [0.05, 0.1) is 17.6 Å². The molecule has 0 aromatic heterocycles. The van der Waals surface area contributed by atoms with Crippen molar-refractivity contribution in [3.63, 3.8) is 0 Å². The summed E-state index contributed by atoms with van der Waals surface area (Å²) in [6.07, 6.45) is 5.31. The van der Waals surface area contributed by atoms with Crippen LogP contribution >= 0.6 is 34.4 Å². The molecule has 1 amide bonds. The number of hydrogen-bond acceptors (Lipinski definition) is 4. The molecule has 0 saturated carbocycles. The zero-order valence-electron chi connectivity index (χ0n) is 17.4. The highest BCUT2D eigenvalue weighted by Gasteiger charge is 2.35. The van der Waals surface area contributed by atoms with Crippen molar-refractivity contribution in [2.75, 3.05) is 7.05 Å². The lowest BCUT2D eigenvalue weighted by molar-refractivity contribution is -0.130. The second kappa shape index (κ2) is 9.76. The summed E-state index contributed by atoms with van der Waals surface area (Å²) in [5.74, 6) is -0.354. The van der Waals surface area contributed by atoms with Crippen LogP contribution < -0.4 is 5.32 Å². The minimum atomic E-state index is -0.368. The lowest BCUT2D eigenvalue weighted by atomic mass is 9.94. The molecular weight excluding hydrogens is 531 g/mol. The quantitative estimate of drug-likeness (QED) is 0.487. The van der Waals surface area contributed by atoms with E-state index >= 15 is 0 Å². The first kappa shape index (κ1) is 22.4. The number of thioether (sulfide) groups is 1. The van der Waals surface area contributed by atoms with Gasteiger partial charge in [-0.15, -0.1) is 11.8 Å². The van der Waals surface area contributed by atoms with Gasteiger partial charge in [-0.1, -0.05) is 42.5 Å². The van der Waals surface area contributed by atoms with Gasteiger partial charge in [0.25, 0.3) is 0 Å². The van der Waals surface area contributed by atoms with Crippen LogP contribution in [-0.2, 0) is 4.79 Å². The summed E-state index contributed by atoms with van der Waals surface area (Å²) in [5, 5.41) is 22.6. The first-order chi connectivity index (χ1) is 15.5. The summed E-state index contributed by atoms with van der Waals surface area (Å²) in [5.41, 5.74) is 4.68. The lowest BCUT2D eigenvalue weighted by Gasteiger charge is -2.33. The highest BCUT2D eigenvalue weighted by molar-refractivity contribution is 14.1. The van der Waals surface area contributed by atoms with Gasteiger partial charge in [0, 0.05) is 27.6 Å². The molecule has 32 heavy (non-hydrogen) atoms. The topological polar surface area (TPSA) is 80.0 Å². The Morgan fingerprint density at radius 2 is 2.12 bits per heavy atom. The number of rotatable bonds is 4. The summed E-state index contributed by atoms with van der Waals surface area (Å²) in [6, 6.07) is 17.9. The van der Waals surface area contributed by atoms with Crippen LogP contribution in [0, 0.1) is 26.2 Å². The Hall–Kier alpha value is -2.83. The minimum Gasteiger partial charge on any atom is -0.328 e. The summed E-state index contributed by atoms with van der Waals surface area (Å²) in [6.45, 7) is 0. The maximum absolute atomic E-state index is 13.1. The van der Waals surface area contributed by atoms with E-state index in [0.717, 1.165) is 30.9 Å². The third-order valence-electron chi connectivity index (χ3n) is 5.50. The highest BCUT2D eigenvalue weighted by atomic mass is 127. The van der Waals surface area contributed by atoms with Gasteiger partial charge in [-0.2, -0.15) is 5.26 Å². The third kappa shape index (κ3) is 4.66. The molecule has 0 radical (unpaired) electrons. The van der Waals surface area contributed by atoms with Crippen molar-refractivity contribution in [2.45, 2.75) is 12.8 Å². The molecule has 160 valence electrons. The molecule has 0 bridgehead atoms. The van der Waals surface area contributed by atoms with Gasteiger partial charge in [-0.05, 0) is 69.3 Å². The Labute approximate surface area is 205 Å². The Morgan fingerprint density at radius 3 is 2.91 bits per heavy atom. The summed E-state index contributed by atoms with van der Waals surface area (Å²) in [4.78, 5) is 15.5. The molecule has 1 fully saturated rings. The predicted molar refractivity (Wildman–Crippen MR) is 138 cm³/mol. The van der Waals surface area contributed by atoms with E-state index in [4.69, 9.17) is 5.41 Å². The van der Waals surface area contributed by atoms with Crippen LogP contribution in [-0.4, -0.2) is 23.8 Å². The summed E-state index contributed by atoms with van der Waals surface area (Å²) in [7, 11) is 1.63.